The van der Waals surface area contributed by atoms with Crippen molar-refractivity contribution in [2.45, 2.75) is 51.4 Å². The van der Waals surface area contributed by atoms with Gasteiger partial charge in [0.05, 0.1) is 22.7 Å². The summed E-state index contributed by atoms with van der Waals surface area (Å²) in [5, 5.41) is 4.88. The molecule has 3 amide bonds. The van der Waals surface area contributed by atoms with Crippen LogP contribution in [0.3, 0.4) is 0 Å². The number of nitrogens with zero attached hydrogens (tertiary/aromatic N) is 4. The van der Waals surface area contributed by atoms with Crippen LogP contribution in [0, 0.1) is 5.82 Å². The molecule has 0 aliphatic carbocycles. The first-order valence-electron chi connectivity index (χ1n) is 14.4. The van der Waals surface area contributed by atoms with Crippen LogP contribution < -0.4 is 9.64 Å². The highest BCUT2D eigenvalue weighted by molar-refractivity contribution is 6.42. The van der Waals surface area contributed by atoms with Crippen molar-refractivity contribution >= 4 is 40.8 Å². The van der Waals surface area contributed by atoms with Gasteiger partial charge in [0, 0.05) is 37.0 Å². The van der Waals surface area contributed by atoms with Crippen molar-refractivity contribution in [3.63, 3.8) is 0 Å². The van der Waals surface area contributed by atoms with Crippen molar-refractivity contribution in [3.05, 3.63) is 99.9 Å². The third-order valence-electron chi connectivity index (χ3n) is 8.00. The molecule has 2 saturated heterocycles. The first-order chi connectivity index (χ1) is 21.1. The Balaban J connectivity index is 1.24. The molecule has 228 valence electrons. The topological polar surface area (TPSA) is 79.1 Å². The Kier molecular flexibility index (Phi) is 8.37. The zero-order chi connectivity index (χ0) is 31.0. The molecular weight excluding hydrogens is 606 g/mol. The number of anilines is 1. The van der Waals surface area contributed by atoms with E-state index in [4.69, 9.17) is 32.5 Å². The van der Waals surface area contributed by atoms with E-state index in [0.717, 1.165) is 11.3 Å². The molecule has 0 bridgehead atoms. The SMILES string of the molecule is CC(C)Oc1cccc(CN2CCC3(CC2)C(=O)N(Cc2cc(-c4ccc(Cl)c(Cl)c4)on2)C(=O)N3c2cccc(F)c2)c1. The molecule has 8 nitrogen and oxygen atoms in total. The highest BCUT2D eigenvalue weighted by Crippen LogP contribution is 2.42. The number of hydrogen-bond acceptors (Lipinski definition) is 6. The van der Waals surface area contributed by atoms with Crippen LogP contribution in [0.4, 0.5) is 14.9 Å². The molecule has 3 aromatic carbocycles. The van der Waals surface area contributed by atoms with E-state index in [1.54, 1.807) is 36.4 Å². The number of aromatic nitrogens is 1. The van der Waals surface area contributed by atoms with Gasteiger partial charge in [0.25, 0.3) is 5.91 Å². The summed E-state index contributed by atoms with van der Waals surface area (Å²) in [4.78, 5) is 33.0. The van der Waals surface area contributed by atoms with Gasteiger partial charge in [0.1, 0.15) is 22.8 Å². The van der Waals surface area contributed by atoms with Crippen LogP contribution in [0.5, 0.6) is 5.75 Å². The van der Waals surface area contributed by atoms with Gasteiger partial charge in [0.15, 0.2) is 5.76 Å². The van der Waals surface area contributed by atoms with Crippen molar-refractivity contribution < 1.29 is 23.2 Å². The maximum Gasteiger partial charge on any atom is 0.332 e. The number of imide groups is 1. The van der Waals surface area contributed by atoms with Gasteiger partial charge in [-0.05, 0) is 80.8 Å². The number of carbonyl (C=O) groups excluding carboxylic acids is 2. The second-order valence-corrected chi connectivity index (χ2v) is 12.2. The van der Waals surface area contributed by atoms with Gasteiger partial charge in [-0.3, -0.25) is 19.5 Å². The summed E-state index contributed by atoms with van der Waals surface area (Å²) in [6, 6.07) is 20.0. The van der Waals surface area contributed by atoms with Crippen LogP contribution in [0.15, 0.2) is 77.3 Å². The van der Waals surface area contributed by atoms with Gasteiger partial charge < -0.3 is 9.26 Å². The molecule has 44 heavy (non-hydrogen) atoms. The van der Waals surface area contributed by atoms with E-state index in [9.17, 15) is 14.0 Å². The van der Waals surface area contributed by atoms with Crippen molar-refractivity contribution in [1.29, 1.82) is 0 Å². The molecule has 1 spiro atoms. The van der Waals surface area contributed by atoms with Gasteiger partial charge in [-0.1, -0.05) is 46.6 Å². The van der Waals surface area contributed by atoms with Crippen LogP contribution in [0.25, 0.3) is 11.3 Å². The molecule has 0 saturated carbocycles. The second-order valence-electron chi connectivity index (χ2n) is 11.4. The fourth-order valence-electron chi connectivity index (χ4n) is 5.95. The third-order valence-corrected chi connectivity index (χ3v) is 8.74. The number of halogens is 3. The molecule has 0 radical (unpaired) electrons. The molecule has 2 fully saturated rings. The highest BCUT2D eigenvalue weighted by atomic mass is 35.5. The number of hydrogen-bond donors (Lipinski definition) is 0. The molecule has 6 rings (SSSR count). The molecule has 1 aromatic heterocycles. The Morgan fingerprint density at radius 3 is 2.45 bits per heavy atom. The predicted molar refractivity (Wildman–Crippen MR) is 166 cm³/mol. The largest absolute Gasteiger partial charge is 0.491 e. The molecule has 11 heteroatoms. The Morgan fingerprint density at radius 2 is 1.73 bits per heavy atom. The lowest BCUT2D eigenvalue weighted by Gasteiger charge is -2.42. The van der Waals surface area contributed by atoms with Crippen LogP contribution in [0.2, 0.25) is 10.0 Å². The standard InChI is InChI=1S/C33H31Cl2FN4O4/c1-21(2)43-27-8-3-5-22(15-27)19-38-13-11-33(12-14-38)31(41)39(32(42)40(33)26-7-4-6-24(36)17-26)20-25-18-30(44-37-25)23-9-10-28(34)29(35)16-23/h3-10,15-18,21H,11-14,19-20H2,1-2H3. The number of amides is 3. The van der Waals surface area contributed by atoms with E-state index in [1.165, 1.54) is 21.9 Å². The molecule has 0 atom stereocenters. The number of ether oxygens (including phenoxy) is 1. The average molecular weight is 638 g/mol. The minimum Gasteiger partial charge on any atom is -0.491 e. The van der Waals surface area contributed by atoms with E-state index >= 15 is 0 Å². The summed E-state index contributed by atoms with van der Waals surface area (Å²) >= 11 is 12.2. The first-order valence-corrected chi connectivity index (χ1v) is 15.2. The van der Waals surface area contributed by atoms with E-state index in [-0.39, 0.29) is 18.6 Å². The fourth-order valence-corrected chi connectivity index (χ4v) is 6.25. The maximum absolute atomic E-state index is 14.4. The van der Waals surface area contributed by atoms with Crippen LogP contribution in [0.1, 0.15) is 37.9 Å². The zero-order valence-corrected chi connectivity index (χ0v) is 25.8. The van der Waals surface area contributed by atoms with Crippen LogP contribution >= 0.6 is 23.2 Å². The number of urea groups is 1. The van der Waals surface area contributed by atoms with Gasteiger partial charge in [-0.2, -0.15) is 0 Å². The van der Waals surface area contributed by atoms with Gasteiger partial charge >= 0.3 is 6.03 Å². The van der Waals surface area contributed by atoms with Crippen molar-refractivity contribution in [1.82, 2.24) is 15.0 Å². The Labute approximate surface area is 264 Å². The third kappa shape index (κ3) is 5.92. The minimum atomic E-state index is -1.15. The van der Waals surface area contributed by atoms with Gasteiger partial charge in [-0.15, -0.1) is 0 Å². The van der Waals surface area contributed by atoms with Crippen LogP contribution in [-0.4, -0.2) is 51.6 Å². The molecule has 3 heterocycles. The van der Waals surface area contributed by atoms with E-state index in [2.05, 4.69) is 10.1 Å². The van der Waals surface area contributed by atoms with Gasteiger partial charge in [-0.25, -0.2) is 9.18 Å². The predicted octanol–water partition coefficient (Wildman–Crippen LogP) is 7.58. The van der Waals surface area contributed by atoms with E-state index in [0.29, 0.717) is 65.2 Å². The highest BCUT2D eigenvalue weighted by Gasteiger charge is 2.58. The number of carbonyl (C=O) groups is 2. The number of rotatable bonds is 8. The lowest BCUT2D eigenvalue weighted by molar-refractivity contribution is -0.132. The average Bonchev–Trinajstić information content (AvgIpc) is 3.53. The Bertz CT molecular complexity index is 1700. The number of benzene rings is 3. The molecule has 2 aliphatic heterocycles. The summed E-state index contributed by atoms with van der Waals surface area (Å²) < 4.78 is 25.7. The molecule has 0 unspecified atom stereocenters. The summed E-state index contributed by atoms with van der Waals surface area (Å²) in [7, 11) is 0. The van der Waals surface area contributed by atoms with Crippen LogP contribution in [-0.2, 0) is 17.9 Å². The Hall–Kier alpha value is -3.92. The first kappa shape index (κ1) is 30.1. The molecular formula is C33H31Cl2FN4O4. The van der Waals surface area contributed by atoms with E-state index < -0.39 is 17.4 Å². The second kappa shape index (κ2) is 12.2. The smallest absolute Gasteiger partial charge is 0.332 e. The van der Waals surface area contributed by atoms with Gasteiger partial charge in [0.2, 0.25) is 0 Å². The summed E-state index contributed by atoms with van der Waals surface area (Å²) in [6.45, 7) is 5.69. The summed E-state index contributed by atoms with van der Waals surface area (Å²) in [5.41, 5.74) is 1.34. The quantitative estimate of drug-likeness (QED) is 0.186. The van der Waals surface area contributed by atoms with E-state index in [1.807, 2.05) is 38.1 Å². The lowest BCUT2D eigenvalue weighted by atomic mass is 9.85. The maximum atomic E-state index is 14.4. The lowest BCUT2D eigenvalue weighted by Crippen LogP contribution is -2.56. The summed E-state index contributed by atoms with van der Waals surface area (Å²) in [5.74, 6) is 0.411. The summed E-state index contributed by atoms with van der Waals surface area (Å²) in [6.07, 6.45) is 0.850. The molecule has 2 aliphatic rings. The number of likely N-dealkylation sites (tertiary alicyclic amines) is 1. The minimum absolute atomic E-state index is 0.0718. The number of piperidine rings is 1. The Morgan fingerprint density at radius 1 is 0.955 bits per heavy atom. The monoisotopic (exact) mass is 636 g/mol. The fraction of sp³-hybridized carbons (Fsp3) is 0.303. The zero-order valence-electron chi connectivity index (χ0n) is 24.3. The van der Waals surface area contributed by atoms with Crippen molar-refractivity contribution in [2.75, 3.05) is 18.0 Å². The molecule has 4 aromatic rings. The van der Waals surface area contributed by atoms with Crippen molar-refractivity contribution in [3.8, 4) is 17.1 Å². The van der Waals surface area contributed by atoms with Crippen molar-refractivity contribution in [2.24, 2.45) is 0 Å². The molecule has 0 N–H and O–H groups in total. The normalized spacial score (nSPS) is 16.9.